The average Bonchev–Trinajstić information content (AvgIpc) is 2.93. The maximum Gasteiger partial charge on any atom is 0.335 e. The first-order valence-corrected chi connectivity index (χ1v) is 7.56. The number of aromatic carboxylic acids is 1. The lowest BCUT2D eigenvalue weighted by atomic mass is 10.2. The van der Waals surface area contributed by atoms with Crippen molar-refractivity contribution in [2.24, 2.45) is 0 Å². The minimum atomic E-state index is -0.912. The first kappa shape index (κ1) is 14.2. The van der Waals surface area contributed by atoms with Crippen molar-refractivity contribution in [3.05, 3.63) is 29.8 Å². The molecule has 0 bridgehead atoms. The van der Waals surface area contributed by atoms with Gasteiger partial charge in [-0.15, -0.1) is 0 Å². The SMILES string of the molecule is CN(CCOc1ccc(C(=O)O)cc1)C1CCSC1. The summed E-state index contributed by atoms with van der Waals surface area (Å²) in [5.74, 6) is 2.28. The van der Waals surface area contributed by atoms with Crippen LogP contribution < -0.4 is 4.74 Å². The van der Waals surface area contributed by atoms with Gasteiger partial charge in [0.05, 0.1) is 5.56 Å². The van der Waals surface area contributed by atoms with E-state index in [1.54, 1.807) is 24.3 Å². The fourth-order valence-electron chi connectivity index (χ4n) is 2.05. The Hall–Kier alpha value is -1.20. The molecule has 0 aromatic heterocycles. The summed E-state index contributed by atoms with van der Waals surface area (Å²) >= 11 is 2.01. The van der Waals surface area contributed by atoms with Gasteiger partial charge in [0.2, 0.25) is 0 Å². The minimum Gasteiger partial charge on any atom is -0.492 e. The van der Waals surface area contributed by atoms with E-state index in [0.29, 0.717) is 12.6 Å². The highest BCUT2D eigenvalue weighted by atomic mass is 32.2. The van der Waals surface area contributed by atoms with Gasteiger partial charge in [-0.25, -0.2) is 4.79 Å². The molecule has 1 unspecified atom stereocenters. The van der Waals surface area contributed by atoms with E-state index in [9.17, 15) is 4.79 Å². The van der Waals surface area contributed by atoms with Gasteiger partial charge in [-0.1, -0.05) is 0 Å². The van der Waals surface area contributed by atoms with Gasteiger partial charge < -0.3 is 9.84 Å². The highest BCUT2D eigenvalue weighted by Crippen LogP contribution is 2.21. The summed E-state index contributed by atoms with van der Waals surface area (Å²) in [4.78, 5) is 13.1. The Labute approximate surface area is 117 Å². The number of carboxylic acids is 1. The Morgan fingerprint density at radius 3 is 2.79 bits per heavy atom. The third kappa shape index (κ3) is 4.14. The molecule has 0 saturated carbocycles. The Morgan fingerprint density at radius 2 is 2.21 bits per heavy atom. The van der Waals surface area contributed by atoms with Gasteiger partial charge in [-0.2, -0.15) is 11.8 Å². The topological polar surface area (TPSA) is 49.8 Å². The summed E-state index contributed by atoms with van der Waals surface area (Å²) in [5.41, 5.74) is 0.285. The van der Waals surface area contributed by atoms with E-state index in [1.807, 2.05) is 11.8 Å². The largest absolute Gasteiger partial charge is 0.492 e. The molecule has 0 aliphatic carbocycles. The normalized spacial score (nSPS) is 18.7. The second kappa shape index (κ2) is 6.82. The molecule has 19 heavy (non-hydrogen) atoms. The van der Waals surface area contributed by atoms with Crippen molar-refractivity contribution < 1.29 is 14.6 Å². The van der Waals surface area contributed by atoms with Gasteiger partial charge in [0.15, 0.2) is 0 Å². The molecule has 1 saturated heterocycles. The second-order valence-corrected chi connectivity index (χ2v) is 5.83. The summed E-state index contributed by atoms with van der Waals surface area (Å²) in [6.45, 7) is 1.52. The molecule has 104 valence electrons. The van der Waals surface area contributed by atoms with E-state index < -0.39 is 5.97 Å². The number of ether oxygens (including phenoxy) is 1. The molecule has 0 spiro atoms. The van der Waals surface area contributed by atoms with Crippen LogP contribution in [0.4, 0.5) is 0 Å². The third-order valence-corrected chi connectivity index (χ3v) is 4.49. The molecule has 1 aliphatic heterocycles. The number of hydrogen-bond donors (Lipinski definition) is 1. The number of carbonyl (C=O) groups is 1. The van der Waals surface area contributed by atoms with Crippen LogP contribution in [0.5, 0.6) is 5.75 Å². The van der Waals surface area contributed by atoms with E-state index in [1.165, 1.54) is 17.9 Å². The van der Waals surface area contributed by atoms with Crippen molar-refractivity contribution in [3.8, 4) is 5.75 Å². The second-order valence-electron chi connectivity index (χ2n) is 4.68. The van der Waals surface area contributed by atoms with Crippen LogP contribution in [0.1, 0.15) is 16.8 Å². The highest BCUT2D eigenvalue weighted by molar-refractivity contribution is 7.99. The number of carboxylic acid groups (broad SMARTS) is 1. The maximum atomic E-state index is 10.7. The van der Waals surface area contributed by atoms with E-state index in [0.717, 1.165) is 12.3 Å². The molecule has 1 aromatic rings. The Bertz CT molecular complexity index is 415. The first-order chi connectivity index (χ1) is 9.16. The molecular weight excluding hydrogens is 262 g/mol. The van der Waals surface area contributed by atoms with Crippen LogP contribution in [0.25, 0.3) is 0 Å². The predicted molar refractivity (Wildman–Crippen MR) is 77.3 cm³/mol. The van der Waals surface area contributed by atoms with Crippen molar-refractivity contribution in [1.82, 2.24) is 4.90 Å². The van der Waals surface area contributed by atoms with Crippen LogP contribution in [0.15, 0.2) is 24.3 Å². The highest BCUT2D eigenvalue weighted by Gasteiger charge is 2.19. The Balaban J connectivity index is 1.74. The van der Waals surface area contributed by atoms with Crippen LogP contribution in [-0.4, -0.2) is 53.7 Å². The maximum absolute atomic E-state index is 10.7. The van der Waals surface area contributed by atoms with Crippen LogP contribution in [0.2, 0.25) is 0 Å². The van der Waals surface area contributed by atoms with E-state index in [4.69, 9.17) is 9.84 Å². The van der Waals surface area contributed by atoms with E-state index in [-0.39, 0.29) is 5.56 Å². The summed E-state index contributed by atoms with van der Waals surface area (Å²) in [7, 11) is 2.13. The van der Waals surface area contributed by atoms with Crippen LogP contribution >= 0.6 is 11.8 Å². The fraction of sp³-hybridized carbons (Fsp3) is 0.500. The molecule has 1 atom stereocenters. The van der Waals surface area contributed by atoms with Gasteiger partial charge in [0.1, 0.15) is 12.4 Å². The molecular formula is C14H19NO3S. The van der Waals surface area contributed by atoms with E-state index in [2.05, 4.69) is 11.9 Å². The first-order valence-electron chi connectivity index (χ1n) is 6.41. The van der Waals surface area contributed by atoms with E-state index >= 15 is 0 Å². The molecule has 0 radical (unpaired) electrons. The number of hydrogen-bond acceptors (Lipinski definition) is 4. The summed E-state index contributed by atoms with van der Waals surface area (Å²) < 4.78 is 5.63. The predicted octanol–water partition coefficient (Wildman–Crippen LogP) is 2.20. The summed E-state index contributed by atoms with van der Waals surface area (Å²) in [6.07, 6.45) is 1.26. The van der Waals surface area contributed by atoms with Crippen LogP contribution in [0, 0.1) is 0 Å². The third-order valence-electron chi connectivity index (χ3n) is 3.34. The molecule has 1 fully saturated rings. The van der Waals surface area contributed by atoms with Gasteiger partial charge in [0.25, 0.3) is 0 Å². The van der Waals surface area contributed by atoms with Crippen molar-refractivity contribution in [1.29, 1.82) is 0 Å². The van der Waals surface area contributed by atoms with Crippen molar-refractivity contribution >= 4 is 17.7 Å². The average molecular weight is 281 g/mol. The van der Waals surface area contributed by atoms with Crippen molar-refractivity contribution in [3.63, 3.8) is 0 Å². The lowest BCUT2D eigenvalue weighted by Crippen LogP contribution is -2.34. The van der Waals surface area contributed by atoms with Crippen LogP contribution in [0.3, 0.4) is 0 Å². The number of benzene rings is 1. The van der Waals surface area contributed by atoms with Gasteiger partial charge >= 0.3 is 5.97 Å². The molecule has 1 heterocycles. The molecule has 2 rings (SSSR count). The quantitative estimate of drug-likeness (QED) is 0.866. The minimum absolute atomic E-state index is 0.285. The molecule has 5 heteroatoms. The van der Waals surface area contributed by atoms with Gasteiger partial charge in [-0.3, -0.25) is 4.90 Å². The molecule has 4 nitrogen and oxygen atoms in total. The van der Waals surface area contributed by atoms with Gasteiger partial charge in [0, 0.05) is 18.3 Å². The van der Waals surface area contributed by atoms with Crippen LogP contribution in [-0.2, 0) is 0 Å². The molecule has 1 aromatic carbocycles. The molecule has 1 aliphatic rings. The zero-order valence-electron chi connectivity index (χ0n) is 11.0. The lowest BCUT2D eigenvalue weighted by molar-refractivity contribution is 0.0697. The zero-order chi connectivity index (χ0) is 13.7. The smallest absolute Gasteiger partial charge is 0.335 e. The number of rotatable bonds is 6. The summed E-state index contributed by atoms with van der Waals surface area (Å²) in [6, 6.07) is 7.20. The Kier molecular flexibility index (Phi) is 5.10. The van der Waals surface area contributed by atoms with Crippen molar-refractivity contribution in [2.75, 3.05) is 31.7 Å². The lowest BCUT2D eigenvalue weighted by Gasteiger charge is -2.23. The zero-order valence-corrected chi connectivity index (χ0v) is 11.9. The summed E-state index contributed by atoms with van der Waals surface area (Å²) in [5, 5.41) is 8.80. The fourth-order valence-corrected chi connectivity index (χ4v) is 3.35. The number of likely N-dealkylation sites (N-methyl/N-ethyl adjacent to an activating group) is 1. The number of thioether (sulfide) groups is 1. The monoisotopic (exact) mass is 281 g/mol. The molecule has 1 N–H and O–H groups in total. The number of nitrogens with zero attached hydrogens (tertiary/aromatic N) is 1. The molecule has 0 amide bonds. The Morgan fingerprint density at radius 1 is 1.47 bits per heavy atom. The standard InChI is InChI=1S/C14H19NO3S/c1-15(12-6-9-19-10-12)7-8-18-13-4-2-11(3-5-13)14(16)17/h2-5,12H,6-10H2,1H3,(H,16,17). The van der Waals surface area contributed by atoms with Crippen molar-refractivity contribution in [2.45, 2.75) is 12.5 Å². The van der Waals surface area contributed by atoms with Gasteiger partial charge in [-0.05, 0) is 43.5 Å².